The fourth-order valence-electron chi connectivity index (χ4n) is 2.08. The van der Waals surface area contributed by atoms with E-state index >= 15 is 0 Å². The van der Waals surface area contributed by atoms with Gasteiger partial charge in [-0.1, -0.05) is 12.1 Å². The number of halogens is 1. The molecular weight excluding hydrogens is 231 g/mol. The molecule has 0 radical (unpaired) electrons. The smallest absolute Gasteiger partial charge is 0.250 e. The molecule has 0 atom stereocenters. The van der Waals surface area contributed by atoms with Crippen molar-refractivity contribution in [3.8, 4) is 0 Å². The topological polar surface area (TPSA) is 32.3 Å². The van der Waals surface area contributed by atoms with Gasteiger partial charge in [0.25, 0.3) is 5.91 Å². The second kappa shape index (κ2) is 4.14. The molecule has 4 heteroatoms. The molecule has 0 aromatic heterocycles. The zero-order valence-corrected chi connectivity index (χ0v) is 9.56. The molecule has 1 aliphatic heterocycles. The highest BCUT2D eigenvalue weighted by molar-refractivity contribution is 6.08. The van der Waals surface area contributed by atoms with Crippen molar-refractivity contribution < 1.29 is 9.18 Å². The van der Waals surface area contributed by atoms with Gasteiger partial charge in [-0.25, -0.2) is 4.39 Å². The summed E-state index contributed by atoms with van der Waals surface area (Å²) in [6, 6.07) is 13.5. The molecular formula is C14H11FN2O. The van der Waals surface area contributed by atoms with Crippen LogP contribution in [0.2, 0.25) is 0 Å². The predicted octanol–water partition coefficient (Wildman–Crippen LogP) is 2.92. The minimum atomic E-state index is -0.311. The molecule has 3 nitrogen and oxygen atoms in total. The fraction of sp³-hybridized carbons (Fsp3) is 0.0714. The summed E-state index contributed by atoms with van der Waals surface area (Å²) < 4.78 is 12.9. The SMILES string of the molecule is O=C1CNc2ccccc2N1c1ccc(F)cc1. The van der Waals surface area contributed by atoms with Crippen LogP contribution < -0.4 is 10.2 Å². The third-order valence-electron chi connectivity index (χ3n) is 2.91. The van der Waals surface area contributed by atoms with Crippen LogP contribution in [0.5, 0.6) is 0 Å². The fourth-order valence-corrected chi connectivity index (χ4v) is 2.08. The van der Waals surface area contributed by atoms with Gasteiger partial charge in [0, 0.05) is 5.69 Å². The maximum absolute atomic E-state index is 12.9. The van der Waals surface area contributed by atoms with E-state index in [0.29, 0.717) is 5.69 Å². The Hall–Kier alpha value is -2.36. The van der Waals surface area contributed by atoms with E-state index < -0.39 is 0 Å². The van der Waals surface area contributed by atoms with Gasteiger partial charge in [-0.2, -0.15) is 0 Å². The Bertz CT molecular complexity index is 595. The maximum atomic E-state index is 12.9. The number of anilines is 3. The number of rotatable bonds is 1. The average Bonchev–Trinajstić information content (AvgIpc) is 2.40. The zero-order chi connectivity index (χ0) is 12.5. The zero-order valence-electron chi connectivity index (χ0n) is 9.56. The number of benzene rings is 2. The van der Waals surface area contributed by atoms with E-state index in [2.05, 4.69) is 5.32 Å². The Kier molecular flexibility index (Phi) is 2.48. The number of para-hydroxylation sites is 2. The standard InChI is InChI=1S/C14H11FN2O/c15-10-5-7-11(8-6-10)17-13-4-2-1-3-12(13)16-9-14(17)18/h1-8,16H,9H2. The first kappa shape index (κ1) is 10.8. The number of amides is 1. The van der Waals surface area contributed by atoms with Crippen molar-refractivity contribution in [2.24, 2.45) is 0 Å². The van der Waals surface area contributed by atoms with Gasteiger partial charge in [0.15, 0.2) is 0 Å². The van der Waals surface area contributed by atoms with Gasteiger partial charge < -0.3 is 5.32 Å². The van der Waals surface area contributed by atoms with E-state index in [1.165, 1.54) is 12.1 Å². The molecule has 1 aliphatic rings. The number of carbonyl (C=O) groups excluding carboxylic acids is 1. The number of hydrogen-bond donors (Lipinski definition) is 1. The van der Waals surface area contributed by atoms with Gasteiger partial charge in [-0.3, -0.25) is 9.69 Å². The van der Waals surface area contributed by atoms with Crippen LogP contribution in [0.3, 0.4) is 0 Å². The highest BCUT2D eigenvalue weighted by Crippen LogP contribution is 2.34. The van der Waals surface area contributed by atoms with Crippen LogP contribution in [0.25, 0.3) is 0 Å². The number of hydrogen-bond acceptors (Lipinski definition) is 2. The first-order valence-electron chi connectivity index (χ1n) is 5.67. The Morgan fingerprint density at radius 1 is 1.06 bits per heavy atom. The van der Waals surface area contributed by atoms with Gasteiger partial charge in [0.05, 0.1) is 17.9 Å². The highest BCUT2D eigenvalue weighted by atomic mass is 19.1. The summed E-state index contributed by atoms with van der Waals surface area (Å²) in [5.41, 5.74) is 2.37. The second-order valence-corrected chi connectivity index (χ2v) is 4.08. The Labute approximate surface area is 104 Å². The van der Waals surface area contributed by atoms with Crippen LogP contribution in [0.1, 0.15) is 0 Å². The summed E-state index contributed by atoms with van der Waals surface area (Å²) in [5.74, 6) is -0.366. The van der Waals surface area contributed by atoms with Crippen molar-refractivity contribution in [1.29, 1.82) is 0 Å². The summed E-state index contributed by atoms with van der Waals surface area (Å²) in [4.78, 5) is 13.6. The molecule has 2 aromatic rings. The molecule has 90 valence electrons. The summed E-state index contributed by atoms with van der Waals surface area (Å²) >= 11 is 0. The molecule has 0 fully saturated rings. The summed E-state index contributed by atoms with van der Waals surface area (Å²) in [6.45, 7) is 0.244. The minimum Gasteiger partial charge on any atom is -0.374 e. The van der Waals surface area contributed by atoms with E-state index in [1.807, 2.05) is 24.3 Å². The molecule has 0 bridgehead atoms. The molecule has 18 heavy (non-hydrogen) atoms. The normalized spacial score (nSPS) is 14.1. The Balaban J connectivity index is 2.10. The van der Waals surface area contributed by atoms with Crippen molar-refractivity contribution in [3.05, 3.63) is 54.3 Å². The summed E-state index contributed by atoms with van der Waals surface area (Å²) in [7, 11) is 0. The summed E-state index contributed by atoms with van der Waals surface area (Å²) in [6.07, 6.45) is 0. The van der Waals surface area contributed by atoms with Crippen molar-refractivity contribution in [3.63, 3.8) is 0 Å². The first-order chi connectivity index (χ1) is 8.75. The lowest BCUT2D eigenvalue weighted by Gasteiger charge is -2.30. The lowest BCUT2D eigenvalue weighted by atomic mass is 10.1. The van der Waals surface area contributed by atoms with Crippen LogP contribution >= 0.6 is 0 Å². The third-order valence-corrected chi connectivity index (χ3v) is 2.91. The van der Waals surface area contributed by atoms with E-state index in [9.17, 15) is 9.18 Å². The predicted molar refractivity (Wildman–Crippen MR) is 68.5 cm³/mol. The monoisotopic (exact) mass is 242 g/mol. The van der Waals surface area contributed by atoms with Gasteiger partial charge >= 0.3 is 0 Å². The minimum absolute atomic E-state index is 0.0553. The number of fused-ring (bicyclic) bond motifs is 1. The average molecular weight is 242 g/mol. The van der Waals surface area contributed by atoms with Gasteiger partial charge in [0.2, 0.25) is 0 Å². The van der Waals surface area contributed by atoms with E-state index in [-0.39, 0.29) is 18.3 Å². The van der Waals surface area contributed by atoms with Crippen LogP contribution in [-0.2, 0) is 4.79 Å². The van der Waals surface area contributed by atoms with E-state index in [1.54, 1.807) is 17.0 Å². The van der Waals surface area contributed by atoms with Crippen LogP contribution in [-0.4, -0.2) is 12.5 Å². The molecule has 0 saturated carbocycles. The lowest BCUT2D eigenvalue weighted by molar-refractivity contribution is -0.116. The Morgan fingerprint density at radius 2 is 1.78 bits per heavy atom. The largest absolute Gasteiger partial charge is 0.374 e. The second-order valence-electron chi connectivity index (χ2n) is 4.08. The number of carbonyl (C=O) groups is 1. The molecule has 1 heterocycles. The number of nitrogens with one attached hydrogen (secondary N) is 1. The van der Waals surface area contributed by atoms with Crippen LogP contribution in [0.15, 0.2) is 48.5 Å². The van der Waals surface area contributed by atoms with E-state index in [4.69, 9.17) is 0 Å². The van der Waals surface area contributed by atoms with Crippen molar-refractivity contribution in [1.82, 2.24) is 0 Å². The molecule has 0 unspecified atom stereocenters. The quantitative estimate of drug-likeness (QED) is 0.833. The number of nitrogens with zero attached hydrogens (tertiary/aromatic N) is 1. The molecule has 1 amide bonds. The van der Waals surface area contributed by atoms with Gasteiger partial charge in [-0.15, -0.1) is 0 Å². The van der Waals surface area contributed by atoms with Crippen molar-refractivity contribution >= 4 is 23.0 Å². The van der Waals surface area contributed by atoms with Gasteiger partial charge in [-0.05, 0) is 36.4 Å². The van der Waals surface area contributed by atoms with Crippen molar-refractivity contribution in [2.75, 3.05) is 16.8 Å². The van der Waals surface area contributed by atoms with E-state index in [0.717, 1.165) is 11.4 Å². The van der Waals surface area contributed by atoms with Crippen molar-refractivity contribution in [2.45, 2.75) is 0 Å². The first-order valence-corrected chi connectivity index (χ1v) is 5.67. The summed E-state index contributed by atoms with van der Waals surface area (Å²) in [5, 5.41) is 3.06. The molecule has 2 aromatic carbocycles. The maximum Gasteiger partial charge on any atom is 0.250 e. The Morgan fingerprint density at radius 3 is 2.56 bits per heavy atom. The highest BCUT2D eigenvalue weighted by Gasteiger charge is 2.24. The van der Waals surface area contributed by atoms with Crippen LogP contribution in [0.4, 0.5) is 21.5 Å². The van der Waals surface area contributed by atoms with Gasteiger partial charge in [0.1, 0.15) is 5.82 Å². The van der Waals surface area contributed by atoms with Crippen LogP contribution in [0, 0.1) is 5.82 Å². The molecule has 1 N–H and O–H groups in total. The molecule has 0 saturated heterocycles. The lowest BCUT2D eigenvalue weighted by Crippen LogP contribution is -2.36. The third kappa shape index (κ3) is 1.72. The molecule has 3 rings (SSSR count). The molecule has 0 aliphatic carbocycles. The molecule has 0 spiro atoms.